The fourth-order valence-electron chi connectivity index (χ4n) is 3.74. The summed E-state index contributed by atoms with van der Waals surface area (Å²) in [6.07, 6.45) is 9.82. The molecular formula is C22H32. The summed E-state index contributed by atoms with van der Waals surface area (Å²) >= 11 is 0. The van der Waals surface area contributed by atoms with Gasteiger partial charge in [0.15, 0.2) is 0 Å². The standard InChI is InChI=1S/C22H32/c1-5-10-17-14-9-15-21-20(13-8-4)19(12-7-3)18(11-6-2)16-22(17)21/h9,14-16H,5-8,10-13H2,1-4H3. The van der Waals surface area contributed by atoms with Crippen LogP contribution in [0.2, 0.25) is 0 Å². The molecule has 0 spiro atoms. The third kappa shape index (κ3) is 3.54. The molecule has 0 bridgehead atoms. The molecule has 0 nitrogen and oxygen atoms in total. The van der Waals surface area contributed by atoms with E-state index in [0.717, 1.165) is 0 Å². The lowest BCUT2D eigenvalue weighted by Gasteiger charge is -2.19. The minimum atomic E-state index is 1.20. The molecule has 0 heteroatoms. The molecule has 0 aliphatic carbocycles. The molecule has 0 saturated carbocycles. The average molecular weight is 296 g/mol. The minimum absolute atomic E-state index is 1.20. The van der Waals surface area contributed by atoms with E-state index in [0.29, 0.717) is 0 Å². The Morgan fingerprint density at radius 1 is 0.591 bits per heavy atom. The lowest BCUT2D eigenvalue weighted by atomic mass is 9.86. The molecule has 22 heavy (non-hydrogen) atoms. The normalized spacial score (nSPS) is 11.3. The molecule has 2 aromatic carbocycles. The zero-order chi connectivity index (χ0) is 15.9. The molecule has 0 aromatic heterocycles. The van der Waals surface area contributed by atoms with Crippen LogP contribution in [0.25, 0.3) is 10.8 Å². The smallest absolute Gasteiger partial charge is 0.0146 e. The Kier molecular flexibility index (Phi) is 6.49. The highest BCUT2D eigenvalue weighted by Gasteiger charge is 2.13. The largest absolute Gasteiger partial charge is 0.0651 e. The molecule has 0 fully saturated rings. The zero-order valence-electron chi connectivity index (χ0n) is 15.0. The topological polar surface area (TPSA) is 0 Å². The van der Waals surface area contributed by atoms with Crippen LogP contribution < -0.4 is 0 Å². The van der Waals surface area contributed by atoms with Gasteiger partial charge in [-0.3, -0.25) is 0 Å². The highest BCUT2D eigenvalue weighted by molar-refractivity contribution is 5.90. The first-order chi connectivity index (χ1) is 10.8. The van der Waals surface area contributed by atoms with E-state index in [1.807, 2.05) is 0 Å². The molecule has 0 amide bonds. The van der Waals surface area contributed by atoms with Gasteiger partial charge in [0, 0.05) is 0 Å². The summed E-state index contributed by atoms with van der Waals surface area (Å²) in [7, 11) is 0. The van der Waals surface area contributed by atoms with E-state index < -0.39 is 0 Å². The molecule has 0 saturated heterocycles. The van der Waals surface area contributed by atoms with Crippen molar-refractivity contribution in [3.8, 4) is 0 Å². The number of benzene rings is 2. The van der Waals surface area contributed by atoms with Gasteiger partial charge in [-0.2, -0.15) is 0 Å². The Morgan fingerprint density at radius 3 is 1.82 bits per heavy atom. The second kappa shape index (κ2) is 8.36. The van der Waals surface area contributed by atoms with Crippen LogP contribution in [0.5, 0.6) is 0 Å². The number of aryl methyl sites for hydroxylation is 3. The van der Waals surface area contributed by atoms with Crippen LogP contribution in [0.1, 0.15) is 75.6 Å². The van der Waals surface area contributed by atoms with Gasteiger partial charge in [-0.25, -0.2) is 0 Å². The summed E-state index contributed by atoms with van der Waals surface area (Å²) in [6.45, 7) is 9.20. The SMILES string of the molecule is CCCc1cc2c(CCC)cccc2c(CCC)c1CCC. The van der Waals surface area contributed by atoms with Crippen LogP contribution in [0.3, 0.4) is 0 Å². The first-order valence-electron chi connectivity index (χ1n) is 9.31. The monoisotopic (exact) mass is 296 g/mol. The van der Waals surface area contributed by atoms with Crippen molar-refractivity contribution in [3.05, 3.63) is 46.5 Å². The Hall–Kier alpha value is -1.30. The molecule has 2 aromatic rings. The van der Waals surface area contributed by atoms with Crippen molar-refractivity contribution in [2.24, 2.45) is 0 Å². The molecule has 120 valence electrons. The van der Waals surface area contributed by atoms with Crippen molar-refractivity contribution >= 4 is 10.8 Å². The van der Waals surface area contributed by atoms with E-state index in [9.17, 15) is 0 Å². The highest BCUT2D eigenvalue weighted by Crippen LogP contribution is 2.31. The van der Waals surface area contributed by atoms with Gasteiger partial charge in [-0.1, -0.05) is 77.6 Å². The second-order valence-electron chi connectivity index (χ2n) is 6.51. The van der Waals surface area contributed by atoms with Crippen LogP contribution in [0, 0.1) is 0 Å². The first kappa shape index (κ1) is 17.1. The van der Waals surface area contributed by atoms with Crippen LogP contribution in [0.15, 0.2) is 24.3 Å². The number of hydrogen-bond acceptors (Lipinski definition) is 0. The van der Waals surface area contributed by atoms with Crippen molar-refractivity contribution < 1.29 is 0 Å². The van der Waals surface area contributed by atoms with Gasteiger partial charge in [0.05, 0.1) is 0 Å². The van der Waals surface area contributed by atoms with Gasteiger partial charge in [0.1, 0.15) is 0 Å². The Morgan fingerprint density at radius 2 is 1.18 bits per heavy atom. The van der Waals surface area contributed by atoms with Crippen molar-refractivity contribution in [1.82, 2.24) is 0 Å². The predicted octanol–water partition coefficient (Wildman–Crippen LogP) is 6.65. The van der Waals surface area contributed by atoms with Crippen molar-refractivity contribution in [1.29, 1.82) is 0 Å². The number of fused-ring (bicyclic) bond motifs is 1. The highest BCUT2D eigenvalue weighted by atomic mass is 14.2. The molecular weight excluding hydrogens is 264 g/mol. The maximum Gasteiger partial charge on any atom is -0.0146 e. The van der Waals surface area contributed by atoms with Gasteiger partial charge in [0.2, 0.25) is 0 Å². The Bertz CT molecular complexity index is 607. The van der Waals surface area contributed by atoms with Crippen LogP contribution in [0.4, 0.5) is 0 Å². The maximum absolute atomic E-state index is 2.52. The lowest BCUT2D eigenvalue weighted by Crippen LogP contribution is -2.03. The third-order valence-electron chi connectivity index (χ3n) is 4.63. The Labute approximate surface area is 136 Å². The quantitative estimate of drug-likeness (QED) is 0.511. The van der Waals surface area contributed by atoms with E-state index in [1.165, 1.54) is 67.7 Å². The van der Waals surface area contributed by atoms with Crippen LogP contribution in [-0.2, 0) is 25.7 Å². The molecule has 2 rings (SSSR count). The van der Waals surface area contributed by atoms with E-state index in [1.54, 1.807) is 16.7 Å². The molecule has 0 N–H and O–H groups in total. The van der Waals surface area contributed by atoms with Gasteiger partial charge < -0.3 is 0 Å². The molecule has 0 aliphatic heterocycles. The van der Waals surface area contributed by atoms with E-state index in [4.69, 9.17) is 0 Å². The third-order valence-corrected chi connectivity index (χ3v) is 4.63. The summed E-state index contributed by atoms with van der Waals surface area (Å²) in [5, 5.41) is 3.05. The van der Waals surface area contributed by atoms with Crippen molar-refractivity contribution in [3.63, 3.8) is 0 Å². The molecule has 0 atom stereocenters. The second-order valence-corrected chi connectivity index (χ2v) is 6.51. The Balaban J connectivity index is 2.73. The number of hydrogen-bond donors (Lipinski definition) is 0. The summed E-state index contributed by atoms with van der Waals surface area (Å²) in [6, 6.07) is 9.47. The van der Waals surface area contributed by atoms with Gasteiger partial charge in [-0.15, -0.1) is 0 Å². The predicted molar refractivity (Wildman–Crippen MR) is 99.9 cm³/mol. The maximum atomic E-state index is 2.52. The zero-order valence-corrected chi connectivity index (χ0v) is 15.0. The van der Waals surface area contributed by atoms with Gasteiger partial charge in [-0.05, 0) is 58.7 Å². The average Bonchev–Trinajstić information content (AvgIpc) is 2.52. The van der Waals surface area contributed by atoms with E-state index in [2.05, 4.69) is 52.0 Å². The van der Waals surface area contributed by atoms with Crippen molar-refractivity contribution in [2.75, 3.05) is 0 Å². The molecule has 0 aliphatic rings. The first-order valence-corrected chi connectivity index (χ1v) is 9.31. The summed E-state index contributed by atoms with van der Waals surface area (Å²) < 4.78 is 0. The fraction of sp³-hybridized carbons (Fsp3) is 0.545. The summed E-state index contributed by atoms with van der Waals surface area (Å²) in [5.74, 6) is 0. The summed E-state index contributed by atoms with van der Waals surface area (Å²) in [5.41, 5.74) is 6.46. The summed E-state index contributed by atoms with van der Waals surface area (Å²) in [4.78, 5) is 0. The van der Waals surface area contributed by atoms with Crippen LogP contribution >= 0.6 is 0 Å². The fourth-order valence-corrected chi connectivity index (χ4v) is 3.74. The lowest BCUT2D eigenvalue weighted by molar-refractivity contribution is 0.831. The molecule has 0 unspecified atom stereocenters. The van der Waals surface area contributed by atoms with E-state index in [-0.39, 0.29) is 0 Å². The van der Waals surface area contributed by atoms with E-state index >= 15 is 0 Å². The van der Waals surface area contributed by atoms with Gasteiger partial charge >= 0.3 is 0 Å². The van der Waals surface area contributed by atoms with Gasteiger partial charge in [0.25, 0.3) is 0 Å². The van der Waals surface area contributed by atoms with Crippen molar-refractivity contribution in [2.45, 2.75) is 79.1 Å². The number of rotatable bonds is 8. The molecule has 0 heterocycles. The van der Waals surface area contributed by atoms with Crippen LogP contribution in [-0.4, -0.2) is 0 Å². The molecule has 0 radical (unpaired) electrons. The minimum Gasteiger partial charge on any atom is -0.0651 e.